The van der Waals surface area contributed by atoms with Crippen LogP contribution in [0, 0.1) is 0 Å². The number of rotatable bonds is 10. The molecule has 1 rings (SSSR count). The Hall–Kier alpha value is -2.07. The van der Waals surface area contributed by atoms with Crippen molar-refractivity contribution >= 4 is 38.9 Å². The maximum Gasteiger partial charge on any atom is 0.241 e. The molecule has 10 heteroatoms. The van der Waals surface area contributed by atoms with E-state index in [-0.39, 0.29) is 0 Å². The number of nitrogens with one attached hydrogen (secondary N) is 2. The molecule has 0 aliphatic carbocycles. The fourth-order valence-corrected chi connectivity index (χ4v) is 3.30. The molecule has 4 N–H and O–H groups in total. The number of guanidine groups is 1. The second kappa shape index (κ2) is 14.3. The summed E-state index contributed by atoms with van der Waals surface area (Å²) >= 11 is 0. The van der Waals surface area contributed by atoms with Crippen LogP contribution in [0.25, 0.3) is 0 Å². The van der Waals surface area contributed by atoms with E-state index >= 15 is 0 Å². The highest BCUT2D eigenvalue weighted by Gasteiger charge is 1.96. The molecule has 0 radical (unpaired) electrons. The van der Waals surface area contributed by atoms with E-state index in [0.29, 0.717) is 12.5 Å². The van der Waals surface area contributed by atoms with E-state index in [0.717, 1.165) is 29.4 Å². The Morgan fingerprint density at radius 2 is 1.96 bits per heavy atom. The number of nitrogens with two attached hydrogens (primary N) is 1. The van der Waals surface area contributed by atoms with Gasteiger partial charge >= 0.3 is 0 Å². The Kier molecular flexibility index (Phi) is 12.0. The van der Waals surface area contributed by atoms with Gasteiger partial charge in [-0.15, -0.1) is 10.2 Å². The summed E-state index contributed by atoms with van der Waals surface area (Å²) in [6.45, 7) is 3.46. The maximum absolute atomic E-state index is 4.93. The van der Waals surface area contributed by atoms with Crippen LogP contribution in [0.5, 0.6) is 0 Å². The Morgan fingerprint density at radius 3 is 2.64 bits per heavy atom. The summed E-state index contributed by atoms with van der Waals surface area (Å²) in [6, 6.07) is 7.79. The largest absolute Gasteiger partial charge is 0.384 e. The topological polar surface area (TPSA) is 112 Å². The molecular weight excluding hydrogens is 356 g/mol. The van der Waals surface area contributed by atoms with Crippen molar-refractivity contribution in [2.45, 2.75) is 6.92 Å². The molecule has 0 amide bonds. The van der Waals surface area contributed by atoms with Gasteiger partial charge in [-0.3, -0.25) is 4.99 Å². The number of azo groups is 1. The van der Waals surface area contributed by atoms with E-state index in [9.17, 15) is 0 Å². The van der Waals surface area contributed by atoms with Crippen LogP contribution in [-0.4, -0.2) is 37.6 Å². The third kappa shape index (κ3) is 10.4. The van der Waals surface area contributed by atoms with Crippen LogP contribution in [0.1, 0.15) is 6.92 Å². The average molecular weight is 381 g/mol. The SMILES string of the molecule is C/C=C\NC(/N=N\c1ccc(NCCSSCCN=NN)cc1)=N/C. The summed E-state index contributed by atoms with van der Waals surface area (Å²) in [7, 11) is 5.23. The van der Waals surface area contributed by atoms with Gasteiger partial charge < -0.3 is 16.5 Å². The zero-order valence-electron chi connectivity index (χ0n) is 14.4. The molecule has 136 valence electrons. The van der Waals surface area contributed by atoms with Gasteiger partial charge in [0.15, 0.2) is 0 Å². The standard InChI is InChI=1S/C15H24N8S2/c1-3-8-19-15(17-2)22-21-14-6-4-13(5-7-14)18-9-11-24-25-12-10-20-23-16/h3-8,18H,9-12H2,1-2H3,(H2,16,20)(H,17,19)/b8-3-,22-21-. The molecule has 0 saturated heterocycles. The molecule has 0 aliphatic rings. The highest BCUT2D eigenvalue weighted by Crippen LogP contribution is 2.21. The smallest absolute Gasteiger partial charge is 0.241 e. The molecule has 0 atom stereocenters. The highest BCUT2D eigenvalue weighted by molar-refractivity contribution is 8.76. The molecule has 0 fully saturated rings. The van der Waals surface area contributed by atoms with E-state index in [2.05, 4.69) is 36.2 Å². The molecule has 0 unspecified atom stereocenters. The number of aliphatic imine (C=N–C) groups is 1. The van der Waals surface area contributed by atoms with Crippen molar-refractivity contribution in [2.24, 2.45) is 31.4 Å². The van der Waals surface area contributed by atoms with Crippen LogP contribution in [0.3, 0.4) is 0 Å². The van der Waals surface area contributed by atoms with Crippen LogP contribution in [0.15, 0.2) is 62.1 Å². The van der Waals surface area contributed by atoms with Crippen LogP contribution in [0.4, 0.5) is 11.4 Å². The number of nitrogens with zero attached hydrogens (tertiary/aromatic N) is 5. The van der Waals surface area contributed by atoms with E-state index in [1.54, 1.807) is 34.8 Å². The molecule has 0 heterocycles. The predicted molar refractivity (Wildman–Crippen MR) is 110 cm³/mol. The van der Waals surface area contributed by atoms with Gasteiger partial charge in [-0.05, 0) is 37.4 Å². The minimum atomic E-state index is 0.461. The fourth-order valence-electron chi connectivity index (χ4n) is 1.54. The van der Waals surface area contributed by atoms with Crippen molar-refractivity contribution in [1.29, 1.82) is 0 Å². The Balaban J connectivity index is 2.29. The summed E-state index contributed by atoms with van der Waals surface area (Å²) < 4.78 is 0. The van der Waals surface area contributed by atoms with Gasteiger partial charge in [0.2, 0.25) is 5.96 Å². The second-order valence-electron chi connectivity index (χ2n) is 4.49. The molecule has 0 aromatic heterocycles. The van der Waals surface area contributed by atoms with Crippen molar-refractivity contribution in [3.05, 3.63) is 36.5 Å². The number of anilines is 1. The zero-order chi connectivity index (χ0) is 18.2. The van der Waals surface area contributed by atoms with Crippen molar-refractivity contribution < 1.29 is 0 Å². The quantitative estimate of drug-likeness (QED) is 0.108. The average Bonchev–Trinajstić information content (AvgIpc) is 2.65. The molecule has 8 nitrogen and oxygen atoms in total. The lowest BCUT2D eigenvalue weighted by Gasteiger charge is -2.05. The number of hydrogen-bond donors (Lipinski definition) is 3. The summed E-state index contributed by atoms with van der Waals surface area (Å²) in [5, 5.41) is 21.4. The first-order chi connectivity index (χ1) is 12.3. The van der Waals surface area contributed by atoms with Gasteiger partial charge in [0.05, 0.1) is 12.2 Å². The number of allylic oxidation sites excluding steroid dienone is 1. The van der Waals surface area contributed by atoms with Crippen molar-refractivity contribution in [3.63, 3.8) is 0 Å². The molecule has 0 aliphatic heterocycles. The molecular formula is C15H24N8S2. The third-order valence-electron chi connectivity index (χ3n) is 2.67. The summed E-state index contributed by atoms with van der Waals surface area (Å²) in [5.74, 6) is 7.31. The second-order valence-corrected chi connectivity index (χ2v) is 7.19. The lowest BCUT2D eigenvalue weighted by Crippen LogP contribution is -2.13. The van der Waals surface area contributed by atoms with Crippen LogP contribution in [0.2, 0.25) is 0 Å². The number of benzene rings is 1. The Morgan fingerprint density at radius 1 is 1.20 bits per heavy atom. The van der Waals surface area contributed by atoms with E-state index in [1.165, 1.54) is 0 Å². The van der Waals surface area contributed by atoms with Crippen LogP contribution >= 0.6 is 21.6 Å². The summed E-state index contributed by atoms with van der Waals surface area (Å²) in [6.07, 6.45) is 3.62. The molecule has 1 aromatic carbocycles. The van der Waals surface area contributed by atoms with E-state index in [4.69, 9.17) is 5.84 Å². The minimum absolute atomic E-state index is 0.461. The Labute approximate surface area is 156 Å². The molecule has 25 heavy (non-hydrogen) atoms. The van der Waals surface area contributed by atoms with Gasteiger partial charge in [-0.2, -0.15) is 5.11 Å². The maximum atomic E-state index is 4.93. The Bertz CT molecular complexity index is 584. The van der Waals surface area contributed by atoms with E-state index < -0.39 is 0 Å². The minimum Gasteiger partial charge on any atom is -0.384 e. The number of hydrogen-bond acceptors (Lipinski definition) is 7. The normalized spacial score (nSPS) is 12.5. The zero-order valence-corrected chi connectivity index (χ0v) is 16.1. The van der Waals surface area contributed by atoms with Crippen molar-refractivity contribution in [2.75, 3.05) is 37.0 Å². The van der Waals surface area contributed by atoms with Gasteiger partial charge in [-0.1, -0.05) is 32.9 Å². The van der Waals surface area contributed by atoms with Gasteiger partial charge in [0.1, 0.15) is 0 Å². The van der Waals surface area contributed by atoms with Crippen molar-refractivity contribution in [3.8, 4) is 0 Å². The molecule has 1 aromatic rings. The fraction of sp³-hybridized carbons (Fsp3) is 0.400. The third-order valence-corrected chi connectivity index (χ3v) is 5.06. The first kappa shape index (κ1) is 21.0. The summed E-state index contributed by atoms with van der Waals surface area (Å²) in [4.78, 5) is 4.00. The lowest BCUT2D eigenvalue weighted by molar-refractivity contribution is 0.934. The monoisotopic (exact) mass is 380 g/mol. The first-order valence-corrected chi connectivity index (χ1v) is 10.2. The van der Waals surface area contributed by atoms with Crippen molar-refractivity contribution in [1.82, 2.24) is 5.32 Å². The molecule has 0 saturated carbocycles. The molecule has 0 spiro atoms. The predicted octanol–water partition coefficient (Wildman–Crippen LogP) is 4.00. The van der Waals surface area contributed by atoms with Crippen LogP contribution in [-0.2, 0) is 0 Å². The highest BCUT2D eigenvalue weighted by atomic mass is 33.1. The van der Waals surface area contributed by atoms with E-state index in [1.807, 2.05) is 37.3 Å². The summed E-state index contributed by atoms with van der Waals surface area (Å²) in [5.41, 5.74) is 1.82. The molecule has 0 bridgehead atoms. The van der Waals surface area contributed by atoms with Gasteiger partial charge in [0, 0.05) is 30.8 Å². The lowest BCUT2D eigenvalue weighted by atomic mass is 10.3. The van der Waals surface area contributed by atoms with Crippen LogP contribution < -0.4 is 16.5 Å². The first-order valence-electron chi connectivity index (χ1n) is 7.71. The van der Waals surface area contributed by atoms with Gasteiger partial charge in [0.25, 0.3) is 0 Å². The van der Waals surface area contributed by atoms with Gasteiger partial charge in [-0.25, -0.2) is 0 Å².